The number of hydrogen-bond donors (Lipinski definition) is 2. The molecule has 2 N–H and O–H groups in total. The van der Waals surface area contributed by atoms with Crippen molar-refractivity contribution in [1.82, 2.24) is 20.3 Å². The number of piperidine rings is 1. The number of hydrogen-bond acceptors (Lipinski definition) is 6. The van der Waals surface area contributed by atoms with Gasteiger partial charge in [-0.1, -0.05) is 11.3 Å². The highest BCUT2D eigenvalue weighted by molar-refractivity contribution is 7.22. The van der Waals surface area contributed by atoms with Gasteiger partial charge in [-0.15, -0.1) is 0 Å². The Bertz CT molecular complexity index is 984. The van der Waals surface area contributed by atoms with E-state index in [0.29, 0.717) is 39.0 Å². The van der Waals surface area contributed by atoms with Crippen molar-refractivity contribution in [3.8, 4) is 11.1 Å². The number of thiazole rings is 1. The number of aromatic nitrogens is 3. The smallest absolute Gasteiger partial charge is 0.321 e. The van der Waals surface area contributed by atoms with Gasteiger partial charge in [0.2, 0.25) is 5.95 Å². The normalized spacial score (nSPS) is 14.3. The summed E-state index contributed by atoms with van der Waals surface area (Å²) in [4.78, 5) is 27.1. The lowest BCUT2D eigenvalue weighted by atomic mass is 10.1. The van der Waals surface area contributed by atoms with Crippen molar-refractivity contribution in [2.24, 2.45) is 0 Å². The van der Waals surface area contributed by atoms with E-state index >= 15 is 0 Å². The molecule has 28 heavy (non-hydrogen) atoms. The molecule has 0 saturated carbocycles. The van der Waals surface area contributed by atoms with Crippen LogP contribution in [0.1, 0.15) is 26.2 Å². The lowest BCUT2D eigenvalue weighted by molar-refractivity contribution is 0.252. The average molecular weight is 400 g/mol. The van der Waals surface area contributed by atoms with Crippen molar-refractivity contribution in [3.05, 3.63) is 30.3 Å². The Morgan fingerprint density at radius 1 is 1.21 bits per heavy atom. The van der Waals surface area contributed by atoms with E-state index in [1.165, 1.54) is 23.8 Å². The second-order valence-corrected chi connectivity index (χ2v) is 7.65. The Morgan fingerprint density at radius 3 is 2.68 bits per heavy atom. The number of anilines is 2. The van der Waals surface area contributed by atoms with Gasteiger partial charge < -0.3 is 10.2 Å². The van der Waals surface area contributed by atoms with Crippen molar-refractivity contribution in [2.45, 2.75) is 26.2 Å². The Kier molecular flexibility index (Phi) is 5.34. The average Bonchev–Trinajstić information content (AvgIpc) is 3.09. The van der Waals surface area contributed by atoms with E-state index in [2.05, 4.69) is 30.5 Å². The van der Waals surface area contributed by atoms with Gasteiger partial charge in [0.25, 0.3) is 0 Å². The SMILES string of the molecule is CCNC(=O)Nc1nc2cc(-c3cnc(N4CCCCC4)nc3)c(F)cc2s1. The molecular formula is C19H21FN6OS. The zero-order chi connectivity index (χ0) is 19.5. The number of rotatable bonds is 4. The molecular weight excluding hydrogens is 379 g/mol. The molecule has 0 aliphatic carbocycles. The first-order valence-electron chi connectivity index (χ1n) is 9.36. The van der Waals surface area contributed by atoms with Crippen molar-refractivity contribution in [3.63, 3.8) is 0 Å². The molecule has 146 valence electrons. The summed E-state index contributed by atoms with van der Waals surface area (Å²) < 4.78 is 15.3. The third-order valence-electron chi connectivity index (χ3n) is 4.62. The minimum Gasteiger partial charge on any atom is -0.341 e. The molecule has 1 saturated heterocycles. The lowest BCUT2D eigenvalue weighted by Crippen LogP contribution is -2.30. The lowest BCUT2D eigenvalue weighted by Gasteiger charge is -2.26. The number of halogens is 1. The van der Waals surface area contributed by atoms with Crippen LogP contribution >= 0.6 is 11.3 Å². The van der Waals surface area contributed by atoms with Crippen molar-refractivity contribution < 1.29 is 9.18 Å². The summed E-state index contributed by atoms with van der Waals surface area (Å²) in [5, 5.41) is 5.73. The maximum Gasteiger partial charge on any atom is 0.321 e. The molecule has 7 nitrogen and oxygen atoms in total. The molecule has 0 radical (unpaired) electrons. The van der Waals surface area contributed by atoms with Crippen molar-refractivity contribution >= 4 is 38.7 Å². The second-order valence-electron chi connectivity index (χ2n) is 6.62. The number of carbonyl (C=O) groups excluding carboxylic acids is 1. The van der Waals surface area contributed by atoms with E-state index in [4.69, 9.17) is 0 Å². The number of nitrogens with one attached hydrogen (secondary N) is 2. The number of urea groups is 1. The summed E-state index contributed by atoms with van der Waals surface area (Å²) in [5.74, 6) is 0.321. The third-order valence-corrected chi connectivity index (χ3v) is 5.56. The topological polar surface area (TPSA) is 83.0 Å². The van der Waals surface area contributed by atoms with Crippen LogP contribution in [0.5, 0.6) is 0 Å². The Labute approximate surface area is 166 Å². The summed E-state index contributed by atoms with van der Waals surface area (Å²) in [5.41, 5.74) is 1.62. The van der Waals surface area contributed by atoms with Gasteiger partial charge in [0.15, 0.2) is 5.13 Å². The van der Waals surface area contributed by atoms with Crippen LogP contribution in [0.3, 0.4) is 0 Å². The molecule has 0 spiro atoms. The predicted molar refractivity (Wildman–Crippen MR) is 109 cm³/mol. The Balaban J connectivity index is 1.59. The summed E-state index contributed by atoms with van der Waals surface area (Å²) in [6, 6.07) is 2.77. The highest BCUT2D eigenvalue weighted by atomic mass is 32.1. The molecule has 1 aromatic carbocycles. The number of carbonyl (C=O) groups is 1. The minimum atomic E-state index is -0.366. The van der Waals surface area contributed by atoms with Crippen LogP contribution in [0.2, 0.25) is 0 Å². The van der Waals surface area contributed by atoms with E-state index in [0.717, 1.165) is 25.9 Å². The second kappa shape index (κ2) is 8.05. The van der Waals surface area contributed by atoms with Crippen LogP contribution in [0.15, 0.2) is 24.5 Å². The van der Waals surface area contributed by atoms with Gasteiger partial charge in [0.05, 0.1) is 10.2 Å². The summed E-state index contributed by atoms with van der Waals surface area (Å²) in [7, 11) is 0. The van der Waals surface area contributed by atoms with Gasteiger partial charge in [-0.2, -0.15) is 0 Å². The van der Waals surface area contributed by atoms with E-state index < -0.39 is 0 Å². The molecule has 1 aliphatic rings. The summed E-state index contributed by atoms with van der Waals surface area (Å²) >= 11 is 1.23. The minimum absolute atomic E-state index is 0.330. The van der Waals surface area contributed by atoms with Gasteiger partial charge in [0, 0.05) is 43.2 Å². The zero-order valence-electron chi connectivity index (χ0n) is 15.5. The van der Waals surface area contributed by atoms with Crippen LogP contribution < -0.4 is 15.5 Å². The molecule has 0 bridgehead atoms. The standard InChI is InChI=1S/C19H21FN6OS/c1-2-21-18(27)25-19-24-15-8-13(14(20)9-16(15)28-19)12-10-22-17(23-11-12)26-6-4-3-5-7-26/h8-11H,2-7H2,1H3,(H2,21,24,25,27). The molecule has 2 aromatic heterocycles. The fraction of sp³-hybridized carbons (Fsp3) is 0.368. The molecule has 4 rings (SSSR count). The Hall–Kier alpha value is -2.81. The highest BCUT2D eigenvalue weighted by Crippen LogP contribution is 2.32. The van der Waals surface area contributed by atoms with Crippen molar-refractivity contribution in [2.75, 3.05) is 29.9 Å². The van der Waals surface area contributed by atoms with Gasteiger partial charge in [0.1, 0.15) is 5.82 Å². The summed E-state index contributed by atoms with van der Waals surface area (Å²) in [6.45, 7) is 4.26. The number of benzene rings is 1. The van der Waals surface area contributed by atoms with E-state index in [9.17, 15) is 9.18 Å². The molecule has 0 unspecified atom stereocenters. The number of nitrogens with zero attached hydrogens (tertiary/aromatic N) is 4. The first kappa shape index (κ1) is 18.5. The van der Waals surface area contributed by atoms with Gasteiger partial charge >= 0.3 is 6.03 Å². The molecule has 3 aromatic rings. The van der Waals surface area contributed by atoms with Gasteiger partial charge in [-0.05, 0) is 38.3 Å². The van der Waals surface area contributed by atoms with Crippen LogP contribution in [-0.4, -0.2) is 40.6 Å². The third kappa shape index (κ3) is 3.89. The van der Waals surface area contributed by atoms with Gasteiger partial charge in [-0.3, -0.25) is 5.32 Å². The quantitative estimate of drug-likeness (QED) is 0.691. The molecule has 3 heterocycles. The van der Waals surface area contributed by atoms with Crippen LogP contribution in [0.4, 0.5) is 20.3 Å². The fourth-order valence-corrected chi connectivity index (χ4v) is 4.11. The molecule has 1 fully saturated rings. The monoisotopic (exact) mass is 400 g/mol. The van der Waals surface area contributed by atoms with Gasteiger partial charge in [-0.25, -0.2) is 24.1 Å². The van der Waals surface area contributed by atoms with E-state index in [1.54, 1.807) is 18.5 Å². The van der Waals surface area contributed by atoms with Crippen LogP contribution in [-0.2, 0) is 0 Å². The number of amides is 2. The number of fused-ring (bicyclic) bond motifs is 1. The Morgan fingerprint density at radius 2 is 1.96 bits per heavy atom. The predicted octanol–water partition coefficient (Wildman–Crippen LogP) is 4.02. The van der Waals surface area contributed by atoms with Crippen LogP contribution in [0, 0.1) is 5.82 Å². The first-order valence-corrected chi connectivity index (χ1v) is 10.2. The first-order chi connectivity index (χ1) is 13.6. The zero-order valence-corrected chi connectivity index (χ0v) is 16.4. The molecule has 9 heteroatoms. The summed E-state index contributed by atoms with van der Waals surface area (Å²) in [6.07, 6.45) is 6.84. The molecule has 1 aliphatic heterocycles. The van der Waals surface area contributed by atoms with Crippen LogP contribution in [0.25, 0.3) is 21.3 Å². The molecule has 0 atom stereocenters. The van der Waals surface area contributed by atoms with E-state index in [1.807, 2.05) is 6.92 Å². The fourth-order valence-electron chi connectivity index (χ4n) is 3.24. The largest absolute Gasteiger partial charge is 0.341 e. The maximum atomic E-state index is 14.7. The van der Waals surface area contributed by atoms with E-state index in [-0.39, 0.29) is 11.8 Å². The molecule has 2 amide bonds. The van der Waals surface area contributed by atoms with Crippen molar-refractivity contribution in [1.29, 1.82) is 0 Å². The maximum absolute atomic E-state index is 14.7. The highest BCUT2D eigenvalue weighted by Gasteiger charge is 2.16.